The Hall–Kier alpha value is -1.38. The summed E-state index contributed by atoms with van der Waals surface area (Å²) in [5, 5.41) is 17.2. The van der Waals surface area contributed by atoms with E-state index in [9.17, 15) is 10.1 Å². The number of nitrogens with one attached hydrogen (secondary N) is 2. The second-order valence-corrected chi connectivity index (χ2v) is 5.31. The summed E-state index contributed by atoms with van der Waals surface area (Å²) >= 11 is 0. The second-order valence-electron chi connectivity index (χ2n) is 5.31. The molecule has 1 aliphatic rings. The zero-order valence-electron chi connectivity index (χ0n) is 12.2. The molecule has 2 rings (SSSR count). The molecule has 0 unspecified atom stereocenters. The van der Waals surface area contributed by atoms with Crippen molar-refractivity contribution in [2.24, 2.45) is 4.99 Å². The van der Waals surface area contributed by atoms with E-state index in [1.807, 2.05) is 0 Å². The van der Waals surface area contributed by atoms with Crippen molar-refractivity contribution < 1.29 is 4.92 Å². The average Bonchev–Trinajstić information content (AvgIpc) is 3.20. The molecule has 0 radical (unpaired) electrons. The smallest absolute Gasteiger partial charge is 0.269 e. The van der Waals surface area contributed by atoms with Crippen LogP contribution < -0.4 is 10.6 Å². The molecule has 21 heavy (non-hydrogen) atoms. The summed E-state index contributed by atoms with van der Waals surface area (Å²) < 4.78 is 0. The molecule has 0 atom stereocenters. The van der Waals surface area contributed by atoms with E-state index in [0.29, 0.717) is 18.6 Å². The van der Waals surface area contributed by atoms with Crippen molar-refractivity contribution in [1.82, 2.24) is 10.6 Å². The van der Waals surface area contributed by atoms with E-state index in [-0.39, 0.29) is 29.7 Å². The summed E-state index contributed by atoms with van der Waals surface area (Å²) in [5.41, 5.74) is 1.06. The fourth-order valence-electron chi connectivity index (χ4n) is 1.72. The minimum Gasteiger partial charge on any atom is -0.354 e. The Morgan fingerprint density at radius 1 is 1.38 bits per heavy atom. The van der Waals surface area contributed by atoms with E-state index in [4.69, 9.17) is 0 Å². The van der Waals surface area contributed by atoms with E-state index < -0.39 is 4.92 Å². The Morgan fingerprint density at radius 2 is 2.00 bits per heavy atom. The van der Waals surface area contributed by atoms with Gasteiger partial charge in [-0.15, -0.1) is 24.0 Å². The number of halogens is 1. The van der Waals surface area contributed by atoms with Crippen LogP contribution in [0, 0.1) is 10.1 Å². The monoisotopic (exact) mass is 404 g/mol. The van der Waals surface area contributed by atoms with E-state index in [1.165, 1.54) is 25.0 Å². The molecule has 1 aromatic carbocycles. The number of nitro groups is 1. The van der Waals surface area contributed by atoms with Gasteiger partial charge in [-0.25, -0.2) is 4.99 Å². The number of non-ortho nitro benzene ring substituents is 1. The molecule has 0 aliphatic heterocycles. The minimum absolute atomic E-state index is 0. The van der Waals surface area contributed by atoms with Crippen LogP contribution in [0.4, 0.5) is 5.69 Å². The number of nitro benzene ring substituents is 1. The minimum atomic E-state index is -0.395. The lowest BCUT2D eigenvalue weighted by Crippen LogP contribution is -2.42. The van der Waals surface area contributed by atoms with Crippen LogP contribution in [-0.4, -0.2) is 23.0 Å². The van der Waals surface area contributed by atoms with Gasteiger partial charge in [0.05, 0.1) is 11.5 Å². The number of hydrogen-bond acceptors (Lipinski definition) is 3. The van der Waals surface area contributed by atoms with Gasteiger partial charge in [-0.2, -0.15) is 0 Å². The highest BCUT2D eigenvalue weighted by Crippen LogP contribution is 2.18. The number of rotatable bonds is 5. The molecule has 0 saturated heterocycles. The van der Waals surface area contributed by atoms with Crippen molar-refractivity contribution in [1.29, 1.82) is 0 Å². The van der Waals surface area contributed by atoms with Crippen molar-refractivity contribution >= 4 is 35.6 Å². The molecular formula is C14H21IN4O2. The maximum atomic E-state index is 10.6. The van der Waals surface area contributed by atoms with Crippen LogP contribution >= 0.6 is 24.0 Å². The van der Waals surface area contributed by atoms with E-state index in [1.54, 1.807) is 12.1 Å². The number of hydrogen-bond donors (Lipinski definition) is 2. The predicted octanol–water partition coefficient (Wildman–Crippen LogP) is 2.82. The third-order valence-corrected chi connectivity index (χ3v) is 2.91. The lowest BCUT2D eigenvalue weighted by molar-refractivity contribution is -0.384. The summed E-state index contributed by atoms with van der Waals surface area (Å²) in [4.78, 5) is 14.7. The van der Waals surface area contributed by atoms with Gasteiger partial charge in [0.25, 0.3) is 5.69 Å². The van der Waals surface area contributed by atoms with E-state index in [2.05, 4.69) is 29.5 Å². The highest BCUT2D eigenvalue weighted by atomic mass is 127. The molecule has 1 aromatic rings. The maximum absolute atomic E-state index is 10.6. The van der Waals surface area contributed by atoms with Crippen molar-refractivity contribution in [2.75, 3.05) is 0 Å². The topological polar surface area (TPSA) is 79.6 Å². The summed E-state index contributed by atoms with van der Waals surface area (Å²) in [6, 6.07) is 7.36. The number of guanidine groups is 1. The Labute approximate surface area is 141 Å². The zero-order valence-corrected chi connectivity index (χ0v) is 14.5. The van der Waals surface area contributed by atoms with Crippen LogP contribution in [-0.2, 0) is 6.54 Å². The van der Waals surface area contributed by atoms with Gasteiger partial charge in [0.2, 0.25) is 0 Å². The molecule has 0 heterocycles. The summed E-state index contributed by atoms with van der Waals surface area (Å²) in [5.74, 6) is 0.806. The van der Waals surface area contributed by atoms with Gasteiger partial charge in [-0.05, 0) is 32.3 Å². The van der Waals surface area contributed by atoms with Gasteiger partial charge >= 0.3 is 0 Å². The third kappa shape index (κ3) is 6.28. The Morgan fingerprint density at radius 3 is 2.48 bits per heavy atom. The van der Waals surface area contributed by atoms with E-state index in [0.717, 1.165) is 11.5 Å². The summed E-state index contributed by atoms with van der Waals surface area (Å²) in [6.45, 7) is 4.64. The Bertz CT molecular complexity index is 492. The highest BCUT2D eigenvalue weighted by molar-refractivity contribution is 14.0. The maximum Gasteiger partial charge on any atom is 0.269 e. The third-order valence-electron chi connectivity index (χ3n) is 2.91. The molecule has 7 heteroatoms. The zero-order chi connectivity index (χ0) is 14.5. The van der Waals surface area contributed by atoms with Gasteiger partial charge < -0.3 is 10.6 Å². The lowest BCUT2D eigenvalue weighted by Gasteiger charge is -2.14. The lowest BCUT2D eigenvalue weighted by atomic mass is 10.2. The van der Waals surface area contributed by atoms with E-state index >= 15 is 0 Å². The first-order valence-electron chi connectivity index (χ1n) is 6.85. The molecule has 6 nitrogen and oxygen atoms in total. The van der Waals surface area contributed by atoms with Crippen molar-refractivity contribution in [3.8, 4) is 0 Å². The van der Waals surface area contributed by atoms with Gasteiger partial charge in [0.1, 0.15) is 0 Å². The number of aliphatic imine (C=N–C) groups is 1. The van der Waals surface area contributed by atoms with Gasteiger partial charge in [0.15, 0.2) is 5.96 Å². The summed E-state index contributed by atoms with van der Waals surface area (Å²) in [7, 11) is 0. The molecule has 0 spiro atoms. The average molecular weight is 404 g/mol. The molecule has 1 fully saturated rings. The van der Waals surface area contributed by atoms with Crippen molar-refractivity contribution in [2.45, 2.75) is 45.3 Å². The SMILES string of the molecule is CC(C)NC(=NCc1ccc([N+](=O)[O-])cc1)NC1CC1.I. The molecule has 0 amide bonds. The van der Waals surface area contributed by atoms with Gasteiger partial charge in [-0.3, -0.25) is 10.1 Å². The molecule has 116 valence electrons. The van der Waals surface area contributed by atoms with Crippen molar-refractivity contribution in [3.63, 3.8) is 0 Å². The number of benzene rings is 1. The van der Waals surface area contributed by atoms with Crippen LogP contribution in [0.2, 0.25) is 0 Å². The van der Waals surface area contributed by atoms with Gasteiger partial charge in [-0.1, -0.05) is 12.1 Å². The first-order chi connectivity index (χ1) is 9.54. The largest absolute Gasteiger partial charge is 0.354 e. The second kappa shape index (κ2) is 8.16. The molecule has 2 N–H and O–H groups in total. The van der Waals surface area contributed by atoms with Crippen molar-refractivity contribution in [3.05, 3.63) is 39.9 Å². The molecule has 1 saturated carbocycles. The Kier molecular flexibility index (Phi) is 6.86. The van der Waals surface area contributed by atoms with Crippen LogP contribution in [0.25, 0.3) is 0 Å². The van der Waals surface area contributed by atoms with Crippen LogP contribution in [0.3, 0.4) is 0 Å². The number of nitrogens with zero attached hydrogens (tertiary/aromatic N) is 2. The first kappa shape index (κ1) is 17.7. The molecule has 0 bridgehead atoms. The van der Waals surface area contributed by atoms with Crippen LogP contribution in [0.5, 0.6) is 0 Å². The molecule has 1 aliphatic carbocycles. The molecular weight excluding hydrogens is 383 g/mol. The fraction of sp³-hybridized carbons (Fsp3) is 0.500. The summed E-state index contributed by atoms with van der Waals surface area (Å²) in [6.07, 6.45) is 2.38. The quantitative estimate of drug-likeness (QED) is 0.260. The standard InChI is InChI=1S/C14H20N4O2.HI/c1-10(2)16-14(17-12-5-6-12)15-9-11-3-7-13(8-4-11)18(19)20;/h3-4,7-8,10,12H,5-6,9H2,1-2H3,(H2,15,16,17);1H. The first-order valence-corrected chi connectivity index (χ1v) is 6.85. The highest BCUT2D eigenvalue weighted by Gasteiger charge is 2.22. The van der Waals surface area contributed by atoms with Crippen LogP contribution in [0.15, 0.2) is 29.3 Å². The molecule has 0 aromatic heterocycles. The predicted molar refractivity (Wildman–Crippen MR) is 94.1 cm³/mol. The van der Waals surface area contributed by atoms with Crippen LogP contribution in [0.1, 0.15) is 32.3 Å². The normalized spacial score (nSPS) is 14.5. The van der Waals surface area contributed by atoms with Gasteiger partial charge in [0, 0.05) is 24.2 Å². The Balaban J connectivity index is 0.00000220. The fourth-order valence-corrected chi connectivity index (χ4v) is 1.72.